The van der Waals surface area contributed by atoms with Crippen LogP contribution in [0.15, 0.2) is 0 Å². The fourth-order valence-electron chi connectivity index (χ4n) is 0.674. The molecule has 0 spiro atoms. The zero-order valence-corrected chi connectivity index (χ0v) is 6.12. The fourth-order valence-corrected chi connectivity index (χ4v) is 0.674. The van der Waals surface area contributed by atoms with Crippen molar-refractivity contribution in [3.8, 4) is 0 Å². The molecule has 3 N–H and O–H groups in total. The van der Waals surface area contributed by atoms with Crippen LogP contribution in [0.4, 0.5) is 0 Å². The van der Waals surface area contributed by atoms with Crippen molar-refractivity contribution in [1.82, 2.24) is 5.32 Å². The molecule has 1 aliphatic rings. The van der Waals surface area contributed by atoms with Crippen LogP contribution in [-0.4, -0.2) is 19.0 Å². The molecule has 54 valence electrons. The monoisotopic (exact) mass is 150 g/mol. The van der Waals surface area contributed by atoms with Crippen LogP contribution in [0, 0.1) is 5.41 Å². The Labute approximate surface area is 60.4 Å². The number of carbonyl (C=O) groups is 1. The van der Waals surface area contributed by atoms with Gasteiger partial charge in [-0.1, -0.05) is 0 Å². The lowest BCUT2D eigenvalue weighted by Gasteiger charge is -2.35. The van der Waals surface area contributed by atoms with E-state index >= 15 is 0 Å². The average molecular weight is 151 g/mol. The third-order valence-electron chi connectivity index (χ3n) is 1.63. The zero-order valence-electron chi connectivity index (χ0n) is 5.31. The number of rotatable bonds is 1. The van der Waals surface area contributed by atoms with Gasteiger partial charge < -0.3 is 11.1 Å². The van der Waals surface area contributed by atoms with Crippen LogP contribution in [-0.2, 0) is 4.79 Å². The molecule has 0 radical (unpaired) electrons. The maximum Gasteiger partial charge on any atom is 0.225 e. The number of halogens is 1. The van der Waals surface area contributed by atoms with Gasteiger partial charge in [-0.2, -0.15) is 0 Å². The van der Waals surface area contributed by atoms with Crippen molar-refractivity contribution in [2.24, 2.45) is 11.1 Å². The highest BCUT2D eigenvalue weighted by Crippen LogP contribution is 2.19. The van der Waals surface area contributed by atoms with Crippen molar-refractivity contribution in [2.75, 3.05) is 13.1 Å². The third kappa shape index (κ3) is 1.34. The lowest BCUT2D eigenvalue weighted by molar-refractivity contribution is -0.129. The van der Waals surface area contributed by atoms with Crippen molar-refractivity contribution in [1.29, 1.82) is 0 Å². The van der Waals surface area contributed by atoms with Crippen LogP contribution >= 0.6 is 12.4 Å². The molecule has 0 aliphatic carbocycles. The number of hydrogen-bond donors (Lipinski definition) is 2. The summed E-state index contributed by atoms with van der Waals surface area (Å²) in [5.74, 6) is -0.198. The fraction of sp³-hybridized carbons (Fsp3) is 0.800. The summed E-state index contributed by atoms with van der Waals surface area (Å²) in [5.41, 5.74) is 4.80. The second-order valence-corrected chi connectivity index (χ2v) is 2.53. The van der Waals surface area contributed by atoms with Crippen molar-refractivity contribution in [3.63, 3.8) is 0 Å². The van der Waals surface area contributed by atoms with Gasteiger partial charge in [0.1, 0.15) is 0 Å². The summed E-state index contributed by atoms with van der Waals surface area (Å²) in [4.78, 5) is 10.5. The lowest BCUT2D eigenvalue weighted by Crippen LogP contribution is -2.58. The summed E-state index contributed by atoms with van der Waals surface area (Å²) in [6.45, 7) is 3.34. The van der Waals surface area contributed by atoms with E-state index in [4.69, 9.17) is 5.73 Å². The maximum atomic E-state index is 10.5. The first-order valence-electron chi connectivity index (χ1n) is 2.66. The van der Waals surface area contributed by atoms with Gasteiger partial charge in [-0.3, -0.25) is 4.79 Å². The Bertz CT molecular complexity index is 122. The van der Waals surface area contributed by atoms with E-state index in [-0.39, 0.29) is 23.7 Å². The van der Waals surface area contributed by atoms with Gasteiger partial charge in [0.05, 0.1) is 5.41 Å². The first kappa shape index (κ1) is 8.72. The number of hydrogen-bond acceptors (Lipinski definition) is 2. The van der Waals surface area contributed by atoms with Gasteiger partial charge in [-0.05, 0) is 6.92 Å². The van der Waals surface area contributed by atoms with Crippen LogP contribution in [0.2, 0.25) is 0 Å². The minimum atomic E-state index is -0.250. The molecule has 0 aromatic rings. The molecule has 1 amide bonds. The van der Waals surface area contributed by atoms with Crippen LogP contribution in [0.5, 0.6) is 0 Å². The van der Waals surface area contributed by atoms with Crippen LogP contribution in [0.3, 0.4) is 0 Å². The van der Waals surface area contributed by atoms with Gasteiger partial charge in [0.2, 0.25) is 5.91 Å². The van der Waals surface area contributed by atoms with Crippen molar-refractivity contribution in [2.45, 2.75) is 6.92 Å². The Kier molecular flexibility index (Phi) is 2.46. The van der Waals surface area contributed by atoms with Crippen LogP contribution in [0.25, 0.3) is 0 Å². The van der Waals surface area contributed by atoms with Crippen molar-refractivity contribution in [3.05, 3.63) is 0 Å². The summed E-state index contributed by atoms with van der Waals surface area (Å²) < 4.78 is 0. The summed E-state index contributed by atoms with van der Waals surface area (Å²) in [6.07, 6.45) is 0. The second kappa shape index (κ2) is 2.54. The molecule has 1 saturated heterocycles. The summed E-state index contributed by atoms with van der Waals surface area (Å²) >= 11 is 0. The molecule has 0 saturated carbocycles. The summed E-state index contributed by atoms with van der Waals surface area (Å²) in [7, 11) is 0. The normalized spacial score (nSPS) is 21.4. The minimum Gasteiger partial charge on any atom is -0.369 e. The Morgan fingerprint density at radius 3 is 2.11 bits per heavy atom. The lowest BCUT2D eigenvalue weighted by atomic mass is 9.84. The smallest absolute Gasteiger partial charge is 0.225 e. The predicted molar refractivity (Wildman–Crippen MR) is 37.4 cm³/mol. The van der Waals surface area contributed by atoms with Gasteiger partial charge in [0, 0.05) is 13.1 Å². The Balaban J connectivity index is 0.000000640. The highest BCUT2D eigenvalue weighted by atomic mass is 35.5. The summed E-state index contributed by atoms with van der Waals surface area (Å²) in [5, 5.41) is 2.98. The Hall–Kier alpha value is -0.280. The van der Waals surface area contributed by atoms with E-state index in [1.54, 1.807) is 0 Å². The molecular formula is C5H11ClN2O. The maximum absolute atomic E-state index is 10.5. The van der Waals surface area contributed by atoms with E-state index in [9.17, 15) is 4.79 Å². The molecule has 0 aromatic carbocycles. The number of carbonyl (C=O) groups excluding carboxylic acids is 1. The van der Waals surface area contributed by atoms with Crippen LogP contribution < -0.4 is 11.1 Å². The molecule has 4 heteroatoms. The van der Waals surface area contributed by atoms with E-state index < -0.39 is 0 Å². The molecule has 1 rings (SSSR count). The van der Waals surface area contributed by atoms with E-state index in [2.05, 4.69) is 5.32 Å². The molecule has 0 aromatic heterocycles. The van der Waals surface area contributed by atoms with Gasteiger partial charge in [-0.15, -0.1) is 12.4 Å². The Morgan fingerprint density at radius 1 is 1.67 bits per heavy atom. The highest BCUT2D eigenvalue weighted by molar-refractivity contribution is 5.85. The minimum absolute atomic E-state index is 0. The number of nitrogens with two attached hydrogens (primary N) is 1. The van der Waals surface area contributed by atoms with Gasteiger partial charge >= 0.3 is 0 Å². The molecule has 0 unspecified atom stereocenters. The number of primary amides is 1. The largest absolute Gasteiger partial charge is 0.369 e. The first-order chi connectivity index (χ1) is 3.65. The molecule has 9 heavy (non-hydrogen) atoms. The van der Waals surface area contributed by atoms with Gasteiger partial charge in [0.25, 0.3) is 0 Å². The molecular weight excluding hydrogens is 140 g/mol. The quantitative estimate of drug-likeness (QED) is 0.530. The standard InChI is InChI=1S/C5H10N2O.ClH/c1-5(4(6)8)2-7-3-5;/h7H,2-3H2,1H3,(H2,6,8);1H. The average Bonchev–Trinajstić information content (AvgIpc) is 1.60. The molecule has 0 bridgehead atoms. The SMILES string of the molecule is CC1(C(N)=O)CNC1.Cl. The van der Waals surface area contributed by atoms with E-state index in [1.807, 2.05) is 6.92 Å². The molecule has 1 heterocycles. The molecule has 0 atom stereocenters. The van der Waals surface area contributed by atoms with Gasteiger partial charge in [-0.25, -0.2) is 0 Å². The van der Waals surface area contributed by atoms with Crippen LogP contribution in [0.1, 0.15) is 6.92 Å². The molecule has 1 fully saturated rings. The van der Waals surface area contributed by atoms with E-state index in [0.29, 0.717) is 0 Å². The zero-order chi connectivity index (χ0) is 6.20. The highest BCUT2D eigenvalue weighted by Gasteiger charge is 2.37. The van der Waals surface area contributed by atoms with E-state index in [1.165, 1.54) is 0 Å². The van der Waals surface area contributed by atoms with Crippen molar-refractivity contribution >= 4 is 18.3 Å². The van der Waals surface area contributed by atoms with E-state index in [0.717, 1.165) is 13.1 Å². The topological polar surface area (TPSA) is 55.1 Å². The molecule has 3 nitrogen and oxygen atoms in total. The number of amides is 1. The predicted octanol–water partition coefficient (Wildman–Crippen LogP) is -0.497. The number of nitrogens with one attached hydrogen (secondary N) is 1. The summed E-state index contributed by atoms with van der Waals surface area (Å²) in [6, 6.07) is 0. The van der Waals surface area contributed by atoms with Gasteiger partial charge in [0.15, 0.2) is 0 Å². The Morgan fingerprint density at radius 2 is 2.11 bits per heavy atom. The third-order valence-corrected chi connectivity index (χ3v) is 1.63. The van der Waals surface area contributed by atoms with Crippen molar-refractivity contribution < 1.29 is 4.79 Å². The second-order valence-electron chi connectivity index (χ2n) is 2.53. The first-order valence-corrected chi connectivity index (χ1v) is 2.66. The molecule has 1 aliphatic heterocycles.